The molecule has 6 nitrogen and oxygen atoms in total. The first-order chi connectivity index (χ1) is 12.7. The molecule has 26 heavy (non-hydrogen) atoms. The molecule has 1 aliphatic carbocycles. The highest BCUT2D eigenvalue weighted by atomic mass is 32.1. The number of fused-ring (bicyclic) bond motifs is 1. The Kier molecular flexibility index (Phi) is 4.46. The molecular weight excluding hydrogens is 352 g/mol. The highest BCUT2D eigenvalue weighted by Crippen LogP contribution is 2.46. The van der Waals surface area contributed by atoms with E-state index in [0.717, 1.165) is 23.8 Å². The van der Waals surface area contributed by atoms with Crippen LogP contribution >= 0.6 is 11.3 Å². The Labute approximate surface area is 154 Å². The zero-order valence-corrected chi connectivity index (χ0v) is 15.1. The quantitative estimate of drug-likeness (QED) is 0.660. The number of carbonyl (C=O) groups excluding carboxylic acids is 2. The molecule has 0 saturated heterocycles. The van der Waals surface area contributed by atoms with E-state index in [1.807, 2.05) is 29.6 Å². The lowest BCUT2D eigenvalue weighted by atomic mass is 10.1. The number of esters is 1. The van der Waals surface area contributed by atoms with Gasteiger partial charge in [-0.15, -0.1) is 11.3 Å². The van der Waals surface area contributed by atoms with Crippen molar-refractivity contribution in [1.29, 1.82) is 0 Å². The van der Waals surface area contributed by atoms with Crippen molar-refractivity contribution >= 4 is 39.2 Å². The van der Waals surface area contributed by atoms with Crippen LogP contribution in [0.3, 0.4) is 0 Å². The number of aromatic nitrogens is 1. The third kappa shape index (κ3) is 3.22. The molecule has 4 rings (SSSR count). The molecule has 0 aliphatic heterocycles. The minimum Gasteiger partial charge on any atom is -0.462 e. The summed E-state index contributed by atoms with van der Waals surface area (Å²) in [7, 11) is 0. The van der Waals surface area contributed by atoms with Crippen molar-refractivity contribution in [3.05, 3.63) is 46.5 Å². The fraction of sp³-hybridized carbons (Fsp3) is 0.316. The van der Waals surface area contributed by atoms with Gasteiger partial charge in [0.05, 0.1) is 18.6 Å². The van der Waals surface area contributed by atoms with Crippen LogP contribution in [0.5, 0.6) is 0 Å². The molecule has 3 aromatic rings. The smallest absolute Gasteiger partial charge is 0.341 e. The molecule has 1 N–H and O–H groups in total. The molecule has 1 amide bonds. The maximum absolute atomic E-state index is 12.5. The van der Waals surface area contributed by atoms with Gasteiger partial charge in [-0.05, 0) is 48.8 Å². The predicted octanol–water partition coefficient (Wildman–Crippen LogP) is 4.12. The second-order valence-corrected chi connectivity index (χ2v) is 7.12. The summed E-state index contributed by atoms with van der Waals surface area (Å²) in [6.45, 7) is 2.08. The van der Waals surface area contributed by atoms with Crippen molar-refractivity contribution in [1.82, 2.24) is 5.16 Å². The second-order valence-electron chi connectivity index (χ2n) is 6.24. The molecule has 0 unspecified atom stereocenters. The lowest BCUT2D eigenvalue weighted by Gasteiger charge is -2.07. The number of thiophene rings is 1. The van der Waals surface area contributed by atoms with Gasteiger partial charge in [-0.25, -0.2) is 4.79 Å². The largest absolute Gasteiger partial charge is 0.462 e. The SMILES string of the molecule is CCOC(=O)c1c(C2CC2)csc1NC(=O)Cc1noc2ccccc12. The van der Waals surface area contributed by atoms with Gasteiger partial charge in [-0.1, -0.05) is 17.3 Å². The van der Waals surface area contributed by atoms with Crippen molar-refractivity contribution in [2.75, 3.05) is 11.9 Å². The number of para-hydroxylation sites is 1. The van der Waals surface area contributed by atoms with Gasteiger partial charge in [0.15, 0.2) is 5.58 Å². The lowest BCUT2D eigenvalue weighted by Crippen LogP contribution is -2.17. The molecule has 0 radical (unpaired) electrons. The van der Waals surface area contributed by atoms with Crippen molar-refractivity contribution in [2.24, 2.45) is 0 Å². The second kappa shape index (κ2) is 6.92. The summed E-state index contributed by atoms with van der Waals surface area (Å²) in [6, 6.07) is 7.41. The number of nitrogens with one attached hydrogen (secondary N) is 1. The Morgan fingerprint density at radius 3 is 2.92 bits per heavy atom. The summed E-state index contributed by atoms with van der Waals surface area (Å²) in [5, 5.41) is 10.1. The first kappa shape index (κ1) is 16.8. The van der Waals surface area contributed by atoms with Crippen LogP contribution in [0.25, 0.3) is 11.0 Å². The monoisotopic (exact) mass is 370 g/mol. The normalized spacial score (nSPS) is 13.7. The van der Waals surface area contributed by atoms with Crippen LogP contribution in [0.2, 0.25) is 0 Å². The number of ether oxygens (including phenoxy) is 1. The molecule has 1 aromatic carbocycles. The molecular formula is C19H18N2O4S. The maximum atomic E-state index is 12.5. The van der Waals surface area contributed by atoms with Crippen molar-refractivity contribution in [2.45, 2.75) is 32.1 Å². The van der Waals surface area contributed by atoms with Gasteiger partial charge < -0.3 is 14.6 Å². The first-order valence-electron chi connectivity index (χ1n) is 8.59. The van der Waals surface area contributed by atoms with E-state index < -0.39 is 0 Å². The molecule has 1 aliphatic rings. The molecule has 7 heteroatoms. The van der Waals surface area contributed by atoms with E-state index in [9.17, 15) is 9.59 Å². The summed E-state index contributed by atoms with van der Waals surface area (Å²) in [5.74, 6) is -0.215. The van der Waals surface area contributed by atoms with E-state index in [1.165, 1.54) is 11.3 Å². The summed E-state index contributed by atoms with van der Waals surface area (Å²) < 4.78 is 10.4. The van der Waals surface area contributed by atoms with Gasteiger partial charge in [0.1, 0.15) is 10.7 Å². The maximum Gasteiger partial charge on any atom is 0.341 e. The van der Waals surface area contributed by atoms with E-state index in [-0.39, 0.29) is 18.3 Å². The fourth-order valence-corrected chi connectivity index (χ4v) is 4.01. The van der Waals surface area contributed by atoms with Crippen molar-refractivity contribution < 1.29 is 18.8 Å². The molecule has 134 valence electrons. The number of anilines is 1. The van der Waals surface area contributed by atoms with Gasteiger partial charge in [-0.3, -0.25) is 4.79 Å². The van der Waals surface area contributed by atoms with E-state index in [4.69, 9.17) is 9.26 Å². The zero-order valence-electron chi connectivity index (χ0n) is 14.3. The van der Waals surface area contributed by atoms with Crippen molar-refractivity contribution in [3.63, 3.8) is 0 Å². The van der Waals surface area contributed by atoms with Gasteiger partial charge in [0, 0.05) is 5.39 Å². The fourth-order valence-electron chi connectivity index (χ4n) is 2.96. The zero-order chi connectivity index (χ0) is 18.1. The number of rotatable bonds is 6. The average molecular weight is 370 g/mol. The van der Waals surface area contributed by atoms with Crippen LogP contribution < -0.4 is 5.32 Å². The van der Waals surface area contributed by atoms with E-state index in [1.54, 1.807) is 6.92 Å². The van der Waals surface area contributed by atoms with Crippen LogP contribution in [0, 0.1) is 0 Å². The Bertz CT molecular complexity index is 971. The predicted molar refractivity (Wildman–Crippen MR) is 98.6 cm³/mol. The van der Waals surface area contributed by atoms with Gasteiger partial charge in [-0.2, -0.15) is 0 Å². The molecule has 2 aromatic heterocycles. The summed E-state index contributed by atoms with van der Waals surface area (Å²) in [5.41, 5.74) is 2.71. The van der Waals surface area contributed by atoms with Crippen LogP contribution in [0.15, 0.2) is 34.2 Å². The number of hydrogen-bond acceptors (Lipinski definition) is 6. The lowest BCUT2D eigenvalue weighted by molar-refractivity contribution is -0.115. The summed E-state index contributed by atoms with van der Waals surface area (Å²) in [6.07, 6.45) is 2.22. The molecule has 0 atom stereocenters. The van der Waals surface area contributed by atoms with E-state index >= 15 is 0 Å². The Morgan fingerprint density at radius 1 is 1.35 bits per heavy atom. The Balaban J connectivity index is 1.55. The topological polar surface area (TPSA) is 81.4 Å². The van der Waals surface area contributed by atoms with Crippen LogP contribution in [0.4, 0.5) is 5.00 Å². The summed E-state index contributed by atoms with van der Waals surface area (Å²) in [4.78, 5) is 24.9. The first-order valence-corrected chi connectivity index (χ1v) is 9.47. The highest BCUT2D eigenvalue weighted by Gasteiger charge is 2.32. The number of carbonyl (C=O) groups is 2. The molecule has 0 spiro atoms. The third-order valence-electron chi connectivity index (χ3n) is 4.35. The molecule has 1 saturated carbocycles. The minimum absolute atomic E-state index is 0.0793. The molecule has 2 heterocycles. The standard InChI is InChI=1S/C19H18N2O4S/c1-2-24-19(23)17-13(11-7-8-11)10-26-18(17)20-16(22)9-14-12-5-3-4-6-15(12)25-21-14/h3-6,10-11H,2,7-9H2,1H3,(H,20,22). The number of benzene rings is 1. The Hall–Kier alpha value is -2.67. The van der Waals surface area contributed by atoms with E-state index in [0.29, 0.717) is 34.4 Å². The number of amides is 1. The number of nitrogens with zero attached hydrogens (tertiary/aromatic N) is 1. The van der Waals surface area contributed by atoms with Gasteiger partial charge in [0.25, 0.3) is 0 Å². The van der Waals surface area contributed by atoms with Crippen LogP contribution in [-0.2, 0) is 16.0 Å². The average Bonchev–Trinajstić information content (AvgIpc) is 3.28. The van der Waals surface area contributed by atoms with Gasteiger partial charge in [0.2, 0.25) is 5.91 Å². The Morgan fingerprint density at radius 2 is 2.15 bits per heavy atom. The minimum atomic E-state index is -0.377. The van der Waals surface area contributed by atoms with Crippen molar-refractivity contribution in [3.8, 4) is 0 Å². The van der Waals surface area contributed by atoms with Crippen LogP contribution in [-0.4, -0.2) is 23.6 Å². The summed E-state index contributed by atoms with van der Waals surface area (Å²) >= 11 is 1.37. The van der Waals surface area contributed by atoms with E-state index in [2.05, 4.69) is 10.5 Å². The van der Waals surface area contributed by atoms with Gasteiger partial charge >= 0.3 is 5.97 Å². The molecule has 0 bridgehead atoms. The highest BCUT2D eigenvalue weighted by molar-refractivity contribution is 7.15. The number of hydrogen-bond donors (Lipinski definition) is 1. The molecule has 1 fully saturated rings. The van der Waals surface area contributed by atoms with Crippen LogP contribution in [0.1, 0.15) is 47.3 Å². The third-order valence-corrected chi connectivity index (χ3v) is 5.26.